The maximum absolute atomic E-state index is 10.9. The molecule has 0 unspecified atom stereocenters. The molecule has 1 rings (SSSR count). The Morgan fingerprint density at radius 1 is 1.57 bits per heavy atom. The van der Waals surface area contributed by atoms with Crippen LogP contribution in [-0.2, 0) is 4.79 Å². The zero-order chi connectivity index (χ0) is 10.6. The van der Waals surface area contributed by atoms with Gasteiger partial charge in [0.15, 0.2) is 0 Å². The number of carbonyl (C=O) groups is 1. The van der Waals surface area contributed by atoms with Crippen LogP contribution in [0, 0.1) is 0 Å². The Morgan fingerprint density at radius 2 is 2.29 bits per heavy atom. The predicted molar refractivity (Wildman–Crippen MR) is 56.9 cm³/mol. The second-order valence-corrected chi connectivity index (χ2v) is 3.19. The molecule has 14 heavy (non-hydrogen) atoms. The van der Waals surface area contributed by atoms with Gasteiger partial charge in [-0.1, -0.05) is 11.6 Å². The van der Waals surface area contributed by atoms with Crippen LogP contribution in [0.4, 0.5) is 5.69 Å². The molecule has 0 aliphatic carbocycles. The predicted octanol–water partition coefficient (Wildman–Crippen LogP) is 2.70. The molecule has 0 aliphatic heterocycles. The molecule has 1 N–H and O–H groups in total. The van der Waals surface area contributed by atoms with Crippen molar-refractivity contribution in [1.29, 1.82) is 0 Å². The number of benzene rings is 1. The van der Waals surface area contributed by atoms with Crippen LogP contribution >= 0.6 is 11.6 Å². The van der Waals surface area contributed by atoms with Crippen molar-refractivity contribution in [2.75, 3.05) is 11.9 Å². The molecular weight excluding hydrogens is 202 g/mol. The number of rotatable bonds is 3. The van der Waals surface area contributed by atoms with E-state index in [-0.39, 0.29) is 5.91 Å². The van der Waals surface area contributed by atoms with Crippen LogP contribution < -0.4 is 10.1 Å². The number of hydrogen-bond donors (Lipinski definition) is 1. The summed E-state index contributed by atoms with van der Waals surface area (Å²) in [4.78, 5) is 10.9. The van der Waals surface area contributed by atoms with Gasteiger partial charge in [0.05, 0.1) is 12.3 Å². The van der Waals surface area contributed by atoms with Crippen molar-refractivity contribution in [2.24, 2.45) is 0 Å². The Morgan fingerprint density at radius 3 is 2.86 bits per heavy atom. The largest absolute Gasteiger partial charge is 0.492 e. The first-order chi connectivity index (χ1) is 6.63. The third-order valence-electron chi connectivity index (χ3n) is 1.55. The summed E-state index contributed by atoms with van der Waals surface area (Å²) < 4.78 is 5.32. The number of nitrogens with one attached hydrogen (secondary N) is 1. The van der Waals surface area contributed by atoms with Crippen LogP contribution in [0.1, 0.15) is 13.8 Å². The highest BCUT2D eigenvalue weighted by Gasteiger charge is 2.05. The molecule has 0 aliphatic rings. The molecule has 1 amide bonds. The van der Waals surface area contributed by atoms with Gasteiger partial charge in [-0.05, 0) is 19.1 Å². The van der Waals surface area contributed by atoms with E-state index in [0.717, 1.165) is 0 Å². The molecule has 0 fully saturated rings. The standard InChI is InChI=1S/C10H12ClNO2/c1-3-14-10-6-8(11)4-5-9(10)12-7(2)13/h4-6H,3H2,1-2H3,(H,12,13). The lowest BCUT2D eigenvalue weighted by atomic mass is 10.3. The average Bonchev–Trinajstić information content (AvgIpc) is 2.09. The van der Waals surface area contributed by atoms with Crippen molar-refractivity contribution in [3.63, 3.8) is 0 Å². The number of hydrogen-bond acceptors (Lipinski definition) is 2. The lowest BCUT2D eigenvalue weighted by Gasteiger charge is -2.10. The molecule has 0 heterocycles. The molecular formula is C10H12ClNO2. The summed E-state index contributed by atoms with van der Waals surface area (Å²) in [5, 5.41) is 3.25. The Labute approximate surface area is 88.0 Å². The fourth-order valence-corrected chi connectivity index (χ4v) is 1.23. The van der Waals surface area contributed by atoms with E-state index in [1.54, 1.807) is 18.2 Å². The topological polar surface area (TPSA) is 38.3 Å². The van der Waals surface area contributed by atoms with Gasteiger partial charge < -0.3 is 10.1 Å². The zero-order valence-corrected chi connectivity index (χ0v) is 8.89. The van der Waals surface area contributed by atoms with Crippen LogP contribution in [0.3, 0.4) is 0 Å². The van der Waals surface area contributed by atoms with E-state index < -0.39 is 0 Å². The van der Waals surface area contributed by atoms with Crippen LogP contribution in [0.25, 0.3) is 0 Å². The summed E-state index contributed by atoms with van der Waals surface area (Å²) in [7, 11) is 0. The van der Waals surface area contributed by atoms with E-state index >= 15 is 0 Å². The maximum Gasteiger partial charge on any atom is 0.221 e. The second kappa shape index (κ2) is 4.86. The lowest BCUT2D eigenvalue weighted by Crippen LogP contribution is -2.07. The molecule has 0 aromatic heterocycles. The van der Waals surface area contributed by atoms with Crippen molar-refractivity contribution in [2.45, 2.75) is 13.8 Å². The first kappa shape index (κ1) is 10.9. The second-order valence-electron chi connectivity index (χ2n) is 2.75. The van der Waals surface area contributed by atoms with Crippen molar-refractivity contribution in [3.05, 3.63) is 23.2 Å². The molecule has 0 bridgehead atoms. The molecule has 0 saturated heterocycles. The third kappa shape index (κ3) is 2.92. The molecule has 0 saturated carbocycles. The molecule has 3 nitrogen and oxygen atoms in total. The third-order valence-corrected chi connectivity index (χ3v) is 1.79. The van der Waals surface area contributed by atoms with Crippen molar-refractivity contribution < 1.29 is 9.53 Å². The van der Waals surface area contributed by atoms with E-state index in [0.29, 0.717) is 23.1 Å². The van der Waals surface area contributed by atoms with E-state index in [4.69, 9.17) is 16.3 Å². The van der Waals surface area contributed by atoms with Gasteiger partial charge in [-0.15, -0.1) is 0 Å². The number of halogens is 1. The maximum atomic E-state index is 10.9. The summed E-state index contributed by atoms with van der Waals surface area (Å²) in [6.45, 7) is 3.86. The Bertz CT molecular complexity index is 339. The average molecular weight is 214 g/mol. The van der Waals surface area contributed by atoms with Gasteiger partial charge in [0, 0.05) is 18.0 Å². The summed E-state index contributed by atoms with van der Waals surface area (Å²) in [6, 6.07) is 5.10. The van der Waals surface area contributed by atoms with Gasteiger partial charge >= 0.3 is 0 Å². The molecule has 76 valence electrons. The van der Waals surface area contributed by atoms with Crippen LogP contribution in [0.15, 0.2) is 18.2 Å². The number of anilines is 1. The minimum absolute atomic E-state index is 0.131. The van der Waals surface area contributed by atoms with E-state index in [9.17, 15) is 4.79 Å². The molecule has 1 aromatic rings. The summed E-state index contributed by atoms with van der Waals surface area (Å²) in [5.74, 6) is 0.462. The number of amides is 1. The molecule has 0 spiro atoms. The first-order valence-corrected chi connectivity index (χ1v) is 4.71. The molecule has 1 aromatic carbocycles. The van der Waals surface area contributed by atoms with E-state index in [2.05, 4.69) is 5.32 Å². The molecule has 0 radical (unpaired) electrons. The molecule has 0 atom stereocenters. The van der Waals surface area contributed by atoms with Gasteiger partial charge in [0.1, 0.15) is 5.75 Å². The fourth-order valence-electron chi connectivity index (χ4n) is 1.06. The Balaban J connectivity index is 2.95. The Hall–Kier alpha value is -1.22. The molecule has 4 heteroatoms. The van der Waals surface area contributed by atoms with Gasteiger partial charge in [-0.2, -0.15) is 0 Å². The van der Waals surface area contributed by atoms with E-state index in [1.165, 1.54) is 6.92 Å². The lowest BCUT2D eigenvalue weighted by molar-refractivity contribution is -0.114. The SMILES string of the molecule is CCOc1cc(Cl)ccc1NC(C)=O. The van der Waals surface area contributed by atoms with Crippen molar-refractivity contribution in [1.82, 2.24) is 0 Å². The minimum Gasteiger partial charge on any atom is -0.492 e. The Kier molecular flexibility index (Phi) is 3.77. The minimum atomic E-state index is -0.131. The van der Waals surface area contributed by atoms with Crippen molar-refractivity contribution >= 4 is 23.2 Å². The fraction of sp³-hybridized carbons (Fsp3) is 0.300. The highest BCUT2D eigenvalue weighted by Crippen LogP contribution is 2.27. The van der Waals surface area contributed by atoms with E-state index in [1.807, 2.05) is 6.92 Å². The highest BCUT2D eigenvalue weighted by atomic mass is 35.5. The van der Waals surface area contributed by atoms with Crippen LogP contribution in [-0.4, -0.2) is 12.5 Å². The van der Waals surface area contributed by atoms with Gasteiger partial charge in [-0.25, -0.2) is 0 Å². The van der Waals surface area contributed by atoms with Gasteiger partial charge in [0.2, 0.25) is 5.91 Å². The van der Waals surface area contributed by atoms with Crippen LogP contribution in [0.5, 0.6) is 5.75 Å². The summed E-state index contributed by atoms with van der Waals surface area (Å²) in [5.41, 5.74) is 0.642. The number of carbonyl (C=O) groups excluding carboxylic acids is 1. The van der Waals surface area contributed by atoms with Gasteiger partial charge in [-0.3, -0.25) is 4.79 Å². The quantitative estimate of drug-likeness (QED) is 0.839. The van der Waals surface area contributed by atoms with Crippen molar-refractivity contribution in [3.8, 4) is 5.75 Å². The monoisotopic (exact) mass is 213 g/mol. The zero-order valence-electron chi connectivity index (χ0n) is 8.13. The van der Waals surface area contributed by atoms with Gasteiger partial charge in [0.25, 0.3) is 0 Å². The van der Waals surface area contributed by atoms with Crippen LogP contribution in [0.2, 0.25) is 5.02 Å². The highest BCUT2D eigenvalue weighted by molar-refractivity contribution is 6.30. The summed E-state index contributed by atoms with van der Waals surface area (Å²) >= 11 is 5.80. The summed E-state index contributed by atoms with van der Waals surface area (Å²) in [6.07, 6.45) is 0. The smallest absolute Gasteiger partial charge is 0.221 e. The first-order valence-electron chi connectivity index (χ1n) is 4.33. The normalized spacial score (nSPS) is 9.64. The number of ether oxygens (including phenoxy) is 1.